The summed E-state index contributed by atoms with van der Waals surface area (Å²) in [6, 6.07) is 0. The lowest BCUT2D eigenvalue weighted by atomic mass is 10.1. The second kappa shape index (κ2) is 6.51. The number of aromatic nitrogens is 3. The third kappa shape index (κ3) is 3.22. The second-order valence-electron chi connectivity index (χ2n) is 6.03. The molecule has 0 unspecified atom stereocenters. The van der Waals surface area contributed by atoms with Crippen LogP contribution in [0, 0.1) is 6.92 Å². The Labute approximate surface area is 140 Å². The van der Waals surface area contributed by atoms with Gasteiger partial charge in [0.1, 0.15) is 12.1 Å². The molecule has 2 aromatic heterocycles. The van der Waals surface area contributed by atoms with Gasteiger partial charge >= 0.3 is 0 Å². The van der Waals surface area contributed by atoms with Gasteiger partial charge in [0.25, 0.3) is 0 Å². The molecular weight excluding hydrogens is 310 g/mol. The van der Waals surface area contributed by atoms with Gasteiger partial charge in [-0.2, -0.15) is 0 Å². The molecule has 0 saturated carbocycles. The maximum absolute atomic E-state index is 5.47. The first-order valence-corrected chi connectivity index (χ1v) is 8.90. The second-order valence-corrected chi connectivity index (χ2v) is 7.35. The highest BCUT2D eigenvalue weighted by Crippen LogP contribution is 2.27. The standard InChI is InChI=1S/C16H21N5OS/c1-12-17-8-13(23-12)9-20-3-2-15-14(10-20)16(19-11-18-15)21-4-6-22-7-5-21/h8,11H,2-7,9-10H2,1H3. The molecule has 2 aromatic rings. The number of fused-ring (bicyclic) bond motifs is 1. The van der Waals surface area contributed by atoms with E-state index in [1.807, 2.05) is 6.20 Å². The summed E-state index contributed by atoms with van der Waals surface area (Å²) in [6.07, 6.45) is 4.71. The van der Waals surface area contributed by atoms with Crippen LogP contribution in [0.15, 0.2) is 12.5 Å². The lowest BCUT2D eigenvalue weighted by Gasteiger charge is -2.33. The molecule has 0 bridgehead atoms. The zero-order valence-corrected chi connectivity index (χ0v) is 14.2. The van der Waals surface area contributed by atoms with Crippen LogP contribution in [0.5, 0.6) is 0 Å². The van der Waals surface area contributed by atoms with Gasteiger partial charge in [0.15, 0.2) is 0 Å². The van der Waals surface area contributed by atoms with Crippen LogP contribution in [0.25, 0.3) is 0 Å². The van der Waals surface area contributed by atoms with Crippen molar-refractivity contribution in [1.29, 1.82) is 0 Å². The molecular formula is C16H21N5OS. The molecule has 0 amide bonds. The van der Waals surface area contributed by atoms with E-state index in [0.717, 1.165) is 63.2 Å². The van der Waals surface area contributed by atoms with Crippen LogP contribution in [0.4, 0.5) is 5.82 Å². The molecule has 0 aromatic carbocycles. The van der Waals surface area contributed by atoms with E-state index < -0.39 is 0 Å². The quantitative estimate of drug-likeness (QED) is 0.852. The molecule has 4 heterocycles. The first-order chi connectivity index (χ1) is 11.3. The molecule has 2 aliphatic heterocycles. The zero-order valence-electron chi connectivity index (χ0n) is 13.4. The minimum Gasteiger partial charge on any atom is -0.378 e. The first kappa shape index (κ1) is 15.0. The molecule has 0 N–H and O–H groups in total. The molecule has 1 saturated heterocycles. The summed E-state index contributed by atoms with van der Waals surface area (Å²) >= 11 is 1.78. The smallest absolute Gasteiger partial charge is 0.136 e. The number of rotatable bonds is 3. The maximum Gasteiger partial charge on any atom is 0.136 e. The van der Waals surface area contributed by atoms with E-state index in [1.165, 1.54) is 16.1 Å². The van der Waals surface area contributed by atoms with Crippen molar-refractivity contribution in [3.8, 4) is 0 Å². The highest BCUT2D eigenvalue weighted by molar-refractivity contribution is 7.11. The molecule has 0 aliphatic carbocycles. The molecule has 122 valence electrons. The van der Waals surface area contributed by atoms with E-state index >= 15 is 0 Å². The Bertz CT molecular complexity index is 683. The van der Waals surface area contributed by atoms with Gasteiger partial charge in [-0.25, -0.2) is 15.0 Å². The number of aryl methyl sites for hydroxylation is 1. The van der Waals surface area contributed by atoms with Crippen LogP contribution in [-0.2, 0) is 24.2 Å². The summed E-state index contributed by atoms with van der Waals surface area (Å²) in [5, 5.41) is 1.13. The fourth-order valence-electron chi connectivity index (χ4n) is 3.26. The van der Waals surface area contributed by atoms with E-state index in [9.17, 15) is 0 Å². The normalized spacial score (nSPS) is 18.9. The van der Waals surface area contributed by atoms with Crippen molar-refractivity contribution in [2.75, 3.05) is 37.7 Å². The monoisotopic (exact) mass is 331 g/mol. The Kier molecular flexibility index (Phi) is 4.24. The summed E-state index contributed by atoms with van der Waals surface area (Å²) in [4.78, 5) is 19.6. The van der Waals surface area contributed by atoms with Crippen LogP contribution >= 0.6 is 11.3 Å². The van der Waals surface area contributed by atoms with Crippen LogP contribution in [0.3, 0.4) is 0 Å². The van der Waals surface area contributed by atoms with Gasteiger partial charge in [-0.15, -0.1) is 11.3 Å². The predicted octanol–water partition coefficient (Wildman–Crippen LogP) is 1.64. The van der Waals surface area contributed by atoms with Crippen LogP contribution < -0.4 is 4.90 Å². The fraction of sp³-hybridized carbons (Fsp3) is 0.562. The highest BCUT2D eigenvalue weighted by atomic mass is 32.1. The highest BCUT2D eigenvalue weighted by Gasteiger charge is 2.25. The number of ether oxygens (including phenoxy) is 1. The van der Waals surface area contributed by atoms with Gasteiger partial charge in [-0.3, -0.25) is 4.90 Å². The summed E-state index contributed by atoms with van der Waals surface area (Å²) in [5.41, 5.74) is 2.50. The molecule has 2 aliphatic rings. The van der Waals surface area contributed by atoms with Crippen LogP contribution in [0.2, 0.25) is 0 Å². The topological polar surface area (TPSA) is 54.4 Å². The van der Waals surface area contributed by atoms with Gasteiger partial charge in [0.05, 0.1) is 23.9 Å². The summed E-state index contributed by atoms with van der Waals surface area (Å²) in [7, 11) is 0. The first-order valence-electron chi connectivity index (χ1n) is 8.09. The molecule has 7 heteroatoms. The molecule has 1 fully saturated rings. The maximum atomic E-state index is 5.47. The number of nitrogens with zero attached hydrogens (tertiary/aromatic N) is 5. The van der Waals surface area contributed by atoms with Gasteiger partial charge in [-0.05, 0) is 6.92 Å². The summed E-state index contributed by atoms with van der Waals surface area (Å²) in [5.74, 6) is 1.10. The number of hydrogen-bond donors (Lipinski definition) is 0. The average Bonchev–Trinajstić information content (AvgIpc) is 3.00. The van der Waals surface area contributed by atoms with Crippen molar-refractivity contribution in [1.82, 2.24) is 19.9 Å². The van der Waals surface area contributed by atoms with Gasteiger partial charge in [-0.1, -0.05) is 0 Å². The molecule has 4 rings (SSSR count). The molecule has 0 spiro atoms. The zero-order chi connectivity index (χ0) is 15.6. The van der Waals surface area contributed by atoms with E-state index in [-0.39, 0.29) is 0 Å². The van der Waals surface area contributed by atoms with Crippen molar-refractivity contribution in [2.45, 2.75) is 26.4 Å². The van der Waals surface area contributed by atoms with E-state index in [0.29, 0.717) is 0 Å². The molecule has 0 atom stereocenters. The van der Waals surface area contributed by atoms with Gasteiger partial charge < -0.3 is 9.64 Å². The van der Waals surface area contributed by atoms with Crippen LogP contribution in [0.1, 0.15) is 21.1 Å². The van der Waals surface area contributed by atoms with Crippen molar-refractivity contribution in [3.63, 3.8) is 0 Å². The van der Waals surface area contributed by atoms with Crippen molar-refractivity contribution < 1.29 is 4.74 Å². The average molecular weight is 331 g/mol. The minimum absolute atomic E-state index is 0.780. The summed E-state index contributed by atoms with van der Waals surface area (Å²) < 4.78 is 5.47. The van der Waals surface area contributed by atoms with Gasteiger partial charge in [0.2, 0.25) is 0 Å². The largest absolute Gasteiger partial charge is 0.378 e. The number of anilines is 1. The number of hydrogen-bond acceptors (Lipinski definition) is 7. The van der Waals surface area contributed by atoms with Crippen molar-refractivity contribution in [3.05, 3.63) is 33.7 Å². The Morgan fingerprint density at radius 3 is 2.83 bits per heavy atom. The lowest BCUT2D eigenvalue weighted by Crippen LogP contribution is -2.39. The fourth-order valence-corrected chi connectivity index (χ4v) is 4.10. The van der Waals surface area contributed by atoms with Crippen molar-refractivity contribution >= 4 is 17.2 Å². The summed E-state index contributed by atoms with van der Waals surface area (Å²) in [6.45, 7) is 8.37. The Hall–Kier alpha value is -1.57. The Morgan fingerprint density at radius 2 is 2.04 bits per heavy atom. The van der Waals surface area contributed by atoms with Gasteiger partial charge in [0, 0.05) is 55.8 Å². The van der Waals surface area contributed by atoms with E-state index in [1.54, 1.807) is 17.7 Å². The Morgan fingerprint density at radius 1 is 1.17 bits per heavy atom. The third-order valence-corrected chi connectivity index (χ3v) is 5.32. The van der Waals surface area contributed by atoms with Crippen LogP contribution in [-0.4, -0.2) is 52.7 Å². The predicted molar refractivity (Wildman–Crippen MR) is 89.7 cm³/mol. The SMILES string of the molecule is Cc1ncc(CN2CCc3ncnc(N4CCOCC4)c3C2)s1. The lowest BCUT2D eigenvalue weighted by molar-refractivity contribution is 0.122. The Balaban J connectivity index is 1.55. The number of thiazole rings is 1. The number of morpholine rings is 1. The van der Waals surface area contributed by atoms with E-state index in [4.69, 9.17) is 4.74 Å². The molecule has 0 radical (unpaired) electrons. The van der Waals surface area contributed by atoms with E-state index in [2.05, 4.69) is 31.7 Å². The molecule has 6 nitrogen and oxygen atoms in total. The molecule has 23 heavy (non-hydrogen) atoms. The van der Waals surface area contributed by atoms with Crippen molar-refractivity contribution in [2.24, 2.45) is 0 Å². The third-order valence-electron chi connectivity index (χ3n) is 4.42. The minimum atomic E-state index is 0.780.